The molecule has 2 rings (SSSR count). The van der Waals surface area contributed by atoms with Crippen LogP contribution >= 0.6 is 15.9 Å². The van der Waals surface area contributed by atoms with Gasteiger partial charge >= 0.3 is 5.97 Å². The number of halogens is 1. The van der Waals surface area contributed by atoms with Crippen molar-refractivity contribution in [1.82, 2.24) is 0 Å². The highest BCUT2D eigenvalue weighted by atomic mass is 79.9. The topological polar surface area (TPSA) is 58.6 Å². The van der Waals surface area contributed by atoms with Crippen LogP contribution in [0.4, 0.5) is 5.69 Å². The minimum atomic E-state index is -0.866. The molecule has 0 saturated carbocycles. The number of carbonyl (C=O) groups is 1. The largest absolute Gasteiger partial charge is 0.479 e. The van der Waals surface area contributed by atoms with E-state index in [0.717, 1.165) is 16.6 Å². The molecule has 2 N–H and O–H groups in total. The van der Waals surface area contributed by atoms with Crippen molar-refractivity contribution in [3.63, 3.8) is 0 Å². The molecule has 2 unspecified atom stereocenters. The highest BCUT2D eigenvalue weighted by Crippen LogP contribution is 2.28. The molecule has 1 aliphatic rings. The molecule has 1 aliphatic heterocycles. The van der Waals surface area contributed by atoms with E-state index in [1.54, 1.807) is 0 Å². The predicted octanol–water partition coefficient (Wildman–Crippen LogP) is 3.11. The quantitative estimate of drug-likeness (QED) is 0.892. The zero-order valence-corrected chi connectivity index (χ0v) is 12.7. The number of aliphatic carboxylic acids is 1. The van der Waals surface area contributed by atoms with Gasteiger partial charge < -0.3 is 15.2 Å². The Labute approximate surface area is 121 Å². The Balaban J connectivity index is 1.95. The van der Waals surface area contributed by atoms with Crippen LogP contribution in [0, 0.1) is 13.8 Å². The van der Waals surface area contributed by atoms with E-state index in [9.17, 15) is 4.79 Å². The number of rotatable bonds is 4. The number of nitrogens with one attached hydrogen (secondary N) is 1. The van der Waals surface area contributed by atoms with Gasteiger partial charge in [0.1, 0.15) is 0 Å². The Morgan fingerprint density at radius 3 is 2.79 bits per heavy atom. The summed E-state index contributed by atoms with van der Waals surface area (Å²) in [4.78, 5) is 10.8. The summed E-state index contributed by atoms with van der Waals surface area (Å²) in [6, 6.07) is 4.17. The minimum absolute atomic E-state index is 0.0336. The normalized spacial score (nSPS) is 22.5. The van der Waals surface area contributed by atoms with E-state index in [1.165, 1.54) is 11.1 Å². The van der Waals surface area contributed by atoms with E-state index in [2.05, 4.69) is 47.2 Å². The maximum Gasteiger partial charge on any atom is 0.332 e. The summed E-state index contributed by atoms with van der Waals surface area (Å²) < 4.78 is 6.50. The molecule has 0 amide bonds. The molecule has 0 bridgehead atoms. The van der Waals surface area contributed by atoms with Gasteiger partial charge in [-0.1, -0.05) is 6.07 Å². The Morgan fingerprint density at radius 1 is 1.47 bits per heavy atom. The molecular weight excluding hydrogens is 310 g/mol. The third kappa shape index (κ3) is 3.48. The number of hydrogen-bond donors (Lipinski definition) is 2. The summed E-state index contributed by atoms with van der Waals surface area (Å²) in [7, 11) is 0. The summed E-state index contributed by atoms with van der Waals surface area (Å²) >= 11 is 3.55. The number of carboxylic acids is 1. The molecule has 1 aromatic carbocycles. The molecular formula is C14H18BrNO3. The lowest BCUT2D eigenvalue weighted by Gasteiger charge is -2.16. The Bertz CT molecular complexity index is 467. The van der Waals surface area contributed by atoms with Crippen molar-refractivity contribution < 1.29 is 14.6 Å². The number of aryl methyl sites for hydroxylation is 2. The average molecular weight is 328 g/mol. The van der Waals surface area contributed by atoms with Gasteiger partial charge in [0.2, 0.25) is 0 Å². The molecule has 104 valence electrons. The summed E-state index contributed by atoms with van der Waals surface area (Å²) in [5.74, 6) is -0.866. The zero-order valence-electron chi connectivity index (χ0n) is 11.1. The van der Waals surface area contributed by atoms with Gasteiger partial charge in [-0.15, -0.1) is 0 Å². The summed E-state index contributed by atoms with van der Waals surface area (Å²) in [6.45, 7) is 4.74. The van der Waals surface area contributed by atoms with Gasteiger partial charge in [-0.3, -0.25) is 0 Å². The SMILES string of the molecule is Cc1cc(C)c(NCC2CCC(C(=O)O)O2)c(Br)c1. The van der Waals surface area contributed by atoms with E-state index < -0.39 is 12.1 Å². The Morgan fingerprint density at radius 2 is 2.21 bits per heavy atom. The molecule has 1 aromatic rings. The van der Waals surface area contributed by atoms with Crippen LogP contribution in [-0.4, -0.2) is 29.8 Å². The fourth-order valence-electron chi connectivity index (χ4n) is 2.39. The molecule has 0 spiro atoms. The van der Waals surface area contributed by atoms with Gasteiger partial charge in [0.05, 0.1) is 11.8 Å². The van der Waals surface area contributed by atoms with Gasteiger partial charge in [-0.2, -0.15) is 0 Å². The fourth-order valence-corrected chi connectivity index (χ4v) is 3.21. The predicted molar refractivity (Wildman–Crippen MR) is 77.6 cm³/mol. The standard InChI is InChI=1S/C14H18BrNO3/c1-8-5-9(2)13(11(15)6-8)16-7-10-3-4-12(19-10)14(17)18/h5-6,10,12,16H,3-4,7H2,1-2H3,(H,17,18). The van der Waals surface area contributed by atoms with Crippen LogP contribution in [-0.2, 0) is 9.53 Å². The van der Waals surface area contributed by atoms with E-state index in [4.69, 9.17) is 9.84 Å². The van der Waals surface area contributed by atoms with E-state index in [1.807, 2.05) is 0 Å². The van der Waals surface area contributed by atoms with E-state index in [0.29, 0.717) is 13.0 Å². The Kier molecular flexibility index (Phi) is 4.47. The van der Waals surface area contributed by atoms with Crippen LogP contribution in [0.25, 0.3) is 0 Å². The second-order valence-electron chi connectivity index (χ2n) is 4.98. The summed E-state index contributed by atoms with van der Waals surface area (Å²) in [5.41, 5.74) is 3.42. The summed E-state index contributed by atoms with van der Waals surface area (Å²) in [6.07, 6.45) is 0.699. The van der Waals surface area contributed by atoms with Gasteiger partial charge in [-0.05, 0) is 59.8 Å². The molecule has 1 fully saturated rings. The molecule has 0 aromatic heterocycles. The van der Waals surface area contributed by atoms with E-state index in [-0.39, 0.29) is 6.10 Å². The van der Waals surface area contributed by atoms with Crippen molar-refractivity contribution >= 4 is 27.6 Å². The van der Waals surface area contributed by atoms with Gasteiger partial charge in [0, 0.05) is 11.0 Å². The van der Waals surface area contributed by atoms with Crippen molar-refractivity contribution in [2.24, 2.45) is 0 Å². The molecule has 1 saturated heterocycles. The molecule has 2 atom stereocenters. The number of carboxylic acid groups (broad SMARTS) is 1. The highest BCUT2D eigenvalue weighted by Gasteiger charge is 2.30. The third-order valence-electron chi connectivity index (χ3n) is 3.32. The van der Waals surface area contributed by atoms with Crippen molar-refractivity contribution in [2.75, 3.05) is 11.9 Å². The van der Waals surface area contributed by atoms with Crippen LogP contribution in [0.5, 0.6) is 0 Å². The van der Waals surface area contributed by atoms with Crippen molar-refractivity contribution in [3.8, 4) is 0 Å². The second-order valence-corrected chi connectivity index (χ2v) is 5.84. The van der Waals surface area contributed by atoms with Crippen molar-refractivity contribution in [1.29, 1.82) is 0 Å². The van der Waals surface area contributed by atoms with Crippen LogP contribution in [0.2, 0.25) is 0 Å². The first kappa shape index (κ1) is 14.3. The van der Waals surface area contributed by atoms with Crippen LogP contribution < -0.4 is 5.32 Å². The maximum absolute atomic E-state index is 10.8. The molecule has 5 heteroatoms. The molecule has 4 nitrogen and oxygen atoms in total. The van der Waals surface area contributed by atoms with E-state index >= 15 is 0 Å². The molecule has 0 radical (unpaired) electrons. The fraction of sp³-hybridized carbons (Fsp3) is 0.500. The lowest BCUT2D eigenvalue weighted by atomic mass is 10.1. The molecule has 1 heterocycles. The Hall–Kier alpha value is -1.07. The highest BCUT2D eigenvalue weighted by molar-refractivity contribution is 9.10. The lowest BCUT2D eigenvalue weighted by Crippen LogP contribution is -2.24. The minimum Gasteiger partial charge on any atom is -0.479 e. The average Bonchev–Trinajstić information content (AvgIpc) is 2.76. The van der Waals surface area contributed by atoms with Gasteiger partial charge in [-0.25, -0.2) is 4.79 Å². The number of benzene rings is 1. The third-order valence-corrected chi connectivity index (χ3v) is 3.95. The van der Waals surface area contributed by atoms with Crippen LogP contribution in [0.15, 0.2) is 16.6 Å². The number of ether oxygens (including phenoxy) is 1. The van der Waals surface area contributed by atoms with Gasteiger partial charge in [0.15, 0.2) is 6.10 Å². The monoisotopic (exact) mass is 327 g/mol. The summed E-state index contributed by atoms with van der Waals surface area (Å²) in [5, 5.41) is 12.2. The molecule has 0 aliphatic carbocycles. The lowest BCUT2D eigenvalue weighted by molar-refractivity contribution is -0.149. The number of anilines is 1. The second kappa shape index (κ2) is 5.92. The zero-order chi connectivity index (χ0) is 14.0. The number of hydrogen-bond acceptors (Lipinski definition) is 3. The van der Waals surface area contributed by atoms with Crippen molar-refractivity contribution in [2.45, 2.75) is 38.9 Å². The first-order chi connectivity index (χ1) is 8.97. The molecule has 19 heavy (non-hydrogen) atoms. The maximum atomic E-state index is 10.8. The smallest absolute Gasteiger partial charge is 0.332 e. The van der Waals surface area contributed by atoms with Crippen LogP contribution in [0.1, 0.15) is 24.0 Å². The van der Waals surface area contributed by atoms with Crippen LogP contribution in [0.3, 0.4) is 0 Å². The first-order valence-corrected chi connectivity index (χ1v) is 7.15. The first-order valence-electron chi connectivity index (χ1n) is 6.36. The van der Waals surface area contributed by atoms with Gasteiger partial charge in [0.25, 0.3) is 0 Å². The van der Waals surface area contributed by atoms with Crippen molar-refractivity contribution in [3.05, 3.63) is 27.7 Å².